The number of urea groups is 1. The summed E-state index contributed by atoms with van der Waals surface area (Å²) in [4.78, 5) is 50.0. The van der Waals surface area contributed by atoms with Crippen molar-refractivity contribution in [2.24, 2.45) is 0 Å². The molecule has 0 aliphatic carbocycles. The maximum absolute atomic E-state index is 13.5. The van der Waals surface area contributed by atoms with Crippen LogP contribution in [0.1, 0.15) is 32.8 Å². The van der Waals surface area contributed by atoms with Crippen LogP contribution < -0.4 is 14.5 Å². The van der Waals surface area contributed by atoms with Gasteiger partial charge in [0.05, 0.1) is 25.5 Å². The van der Waals surface area contributed by atoms with Gasteiger partial charge in [-0.1, -0.05) is 18.2 Å². The average molecular weight is 546 g/mol. The molecule has 3 aromatic rings. The van der Waals surface area contributed by atoms with Crippen molar-refractivity contribution in [1.82, 2.24) is 14.8 Å². The van der Waals surface area contributed by atoms with Gasteiger partial charge in [-0.3, -0.25) is 19.6 Å². The Kier molecular flexibility index (Phi) is 7.51. The fourth-order valence-electron chi connectivity index (χ4n) is 5.02. The second-order valence-corrected chi connectivity index (χ2v) is 11.0. The number of piperazine rings is 1. The molecule has 2 aromatic carbocycles. The van der Waals surface area contributed by atoms with Crippen molar-refractivity contribution in [3.05, 3.63) is 60.4 Å². The van der Waals surface area contributed by atoms with E-state index in [1.54, 1.807) is 29.3 Å². The topological polar surface area (TPSA) is 95.5 Å². The number of fused-ring (bicyclic) bond motifs is 1. The first-order valence-electron chi connectivity index (χ1n) is 13.5. The van der Waals surface area contributed by atoms with E-state index in [1.807, 2.05) is 57.2 Å². The molecule has 0 N–H and O–H groups in total. The highest BCUT2D eigenvalue weighted by atomic mass is 16.6. The maximum atomic E-state index is 13.5. The number of carbonyl (C=O) groups is 3. The summed E-state index contributed by atoms with van der Waals surface area (Å²) in [6, 6.07) is 13.1. The maximum Gasteiger partial charge on any atom is 0.410 e. The molecule has 2 saturated heterocycles. The Balaban J connectivity index is 1.31. The molecule has 10 nitrogen and oxygen atoms in total. The molecule has 0 unspecified atom stereocenters. The summed E-state index contributed by atoms with van der Waals surface area (Å²) in [5, 5.41) is 1.79. The van der Waals surface area contributed by atoms with Crippen molar-refractivity contribution >= 4 is 40.2 Å². The third kappa shape index (κ3) is 5.80. The summed E-state index contributed by atoms with van der Waals surface area (Å²) in [5.74, 6) is 0.519. The lowest BCUT2D eigenvalue weighted by Gasteiger charge is -2.37. The second kappa shape index (κ2) is 11.0. The van der Waals surface area contributed by atoms with Crippen molar-refractivity contribution in [3.63, 3.8) is 0 Å². The standard InChI is InChI=1S/C30H35N5O5/c1-30(2,3)40-29(38)33-15-13-32(14-16-33)23-7-10-25-22(17-23)18-31-19-26(25)34-12-11-27(36)35(28(34)37)20-21-5-8-24(39-4)9-6-21/h5-10,17-19H,11-16,20H2,1-4H3. The SMILES string of the molecule is COc1ccc(CN2C(=O)CCN(c3cncc4cc(N5CCN(C(=O)OC(C)(C)C)CC5)ccc34)C2=O)cc1. The average Bonchev–Trinajstić information content (AvgIpc) is 2.94. The molecule has 2 fully saturated rings. The molecule has 40 heavy (non-hydrogen) atoms. The van der Waals surface area contributed by atoms with E-state index in [9.17, 15) is 14.4 Å². The van der Waals surface area contributed by atoms with E-state index in [2.05, 4.69) is 16.0 Å². The molecule has 0 saturated carbocycles. The Labute approximate surface area is 234 Å². The minimum Gasteiger partial charge on any atom is -0.497 e. The molecule has 0 spiro atoms. The number of methoxy groups -OCH3 is 1. The van der Waals surface area contributed by atoms with Crippen molar-refractivity contribution in [3.8, 4) is 5.75 Å². The first-order chi connectivity index (χ1) is 19.1. The highest BCUT2D eigenvalue weighted by Gasteiger charge is 2.34. The van der Waals surface area contributed by atoms with E-state index in [1.165, 1.54) is 4.90 Å². The molecule has 3 heterocycles. The predicted octanol–water partition coefficient (Wildman–Crippen LogP) is 4.66. The predicted molar refractivity (Wildman–Crippen MR) is 153 cm³/mol. The molecule has 2 aliphatic rings. The van der Waals surface area contributed by atoms with Crippen molar-refractivity contribution in [1.29, 1.82) is 0 Å². The summed E-state index contributed by atoms with van der Waals surface area (Å²) in [5.41, 5.74) is 2.02. The van der Waals surface area contributed by atoms with Crippen LogP contribution in [0.15, 0.2) is 54.9 Å². The lowest BCUT2D eigenvalue weighted by Crippen LogP contribution is -2.52. The smallest absolute Gasteiger partial charge is 0.410 e. The monoisotopic (exact) mass is 545 g/mol. The molecule has 10 heteroatoms. The molecule has 210 valence electrons. The van der Waals surface area contributed by atoms with Crippen LogP contribution in [0.4, 0.5) is 21.0 Å². The number of hydrogen-bond acceptors (Lipinski definition) is 7. The van der Waals surface area contributed by atoms with Gasteiger partial charge in [-0.25, -0.2) is 9.59 Å². The van der Waals surface area contributed by atoms with E-state index < -0.39 is 5.60 Å². The van der Waals surface area contributed by atoms with Gasteiger partial charge in [-0.15, -0.1) is 0 Å². The Morgan fingerprint density at radius 2 is 1.68 bits per heavy atom. The van der Waals surface area contributed by atoms with E-state index in [0.29, 0.717) is 44.2 Å². The van der Waals surface area contributed by atoms with Gasteiger partial charge in [0.15, 0.2) is 0 Å². The van der Waals surface area contributed by atoms with E-state index in [-0.39, 0.29) is 31.0 Å². The zero-order valence-electron chi connectivity index (χ0n) is 23.4. The van der Waals surface area contributed by atoms with Crippen LogP contribution in [0.2, 0.25) is 0 Å². The van der Waals surface area contributed by atoms with E-state index in [0.717, 1.165) is 22.0 Å². The molecular formula is C30H35N5O5. The van der Waals surface area contributed by atoms with Crippen molar-refractivity contribution in [2.75, 3.05) is 49.6 Å². The quantitative estimate of drug-likeness (QED) is 0.460. The number of ether oxygens (including phenoxy) is 2. The van der Waals surface area contributed by atoms with Gasteiger partial charge in [-0.2, -0.15) is 0 Å². The number of amides is 4. The summed E-state index contributed by atoms with van der Waals surface area (Å²) < 4.78 is 10.7. The number of hydrogen-bond donors (Lipinski definition) is 0. The summed E-state index contributed by atoms with van der Waals surface area (Å²) in [7, 11) is 1.60. The largest absolute Gasteiger partial charge is 0.497 e. The number of aromatic nitrogens is 1. The van der Waals surface area contributed by atoms with Gasteiger partial charge < -0.3 is 19.3 Å². The highest BCUT2D eigenvalue weighted by Crippen LogP contribution is 2.32. The number of rotatable bonds is 5. The number of anilines is 2. The molecule has 0 bridgehead atoms. The molecule has 0 radical (unpaired) electrons. The first-order valence-corrected chi connectivity index (χ1v) is 13.5. The fraction of sp³-hybridized carbons (Fsp3) is 0.400. The lowest BCUT2D eigenvalue weighted by molar-refractivity contribution is -0.129. The molecule has 5 rings (SSSR count). The molecule has 0 atom stereocenters. The molecule has 2 aliphatic heterocycles. The summed E-state index contributed by atoms with van der Waals surface area (Å²) in [6.07, 6.45) is 3.41. The first kappa shape index (κ1) is 27.2. The van der Waals surface area contributed by atoms with Crippen LogP contribution >= 0.6 is 0 Å². The zero-order chi connectivity index (χ0) is 28.4. The van der Waals surface area contributed by atoms with Crippen LogP contribution in [0.3, 0.4) is 0 Å². The summed E-state index contributed by atoms with van der Waals surface area (Å²) >= 11 is 0. The molecule has 4 amide bonds. The number of pyridine rings is 1. The van der Waals surface area contributed by atoms with Crippen LogP contribution in [0.5, 0.6) is 5.75 Å². The van der Waals surface area contributed by atoms with Gasteiger partial charge >= 0.3 is 12.1 Å². The number of benzene rings is 2. The van der Waals surface area contributed by atoms with Crippen molar-refractivity contribution in [2.45, 2.75) is 39.3 Å². The zero-order valence-corrected chi connectivity index (χ0v) is 23.4. The number of imide groups is 1. The van der Waals surface area contributed by atoms with Gasteiger partial charge in [0.1, 0.15) is 11.4 Å². The lowest BCUT2D eigenvalue weighted by atomic mass is 10.1. The normalized spacial score (nSPS) is 16.5. The highest BCUT2D eigenvalue weighted by molar-refractivity contribution is 6.10. The fourth-order valence-corrected chi connectivity index (χ4v) is 5.02. The minimum atomic E-state index is -0.521. The third-order valence-corrected chi connectivity index (χ3v) is 7.12. The summed E-state index contributed by atoms with van der Waals surface area (Å²) in [6.45, 7) is 8.61. The molecule has 1 aromatic heterocycles. The third-order valence-electron chi connectivity index (χ3n) is 7.12. The second-order valence-electron chi connectivity index (χ2n) is 11.0. The minimum absolute atomic E-state index is 0.190. The Morgan fingerprint density at radius 3 is 2.35 bits per heavy atom. The Bertz CT molecular complexity index is 1410. The number of nitrogens with zero attached hydrogens (tertiary/aromatic N) is 5. The number of carbonyl (C=O) groups excluding carboxylic acids is 3. The van der Waals surface area contributed by atoms with Crippen LogP contribution in [0.25, 0.3) is 10.8 Å². The Hall–Kier alpha value is -4.34. The van der Waals surface area contributed by atoms with Gasteiger partial charge in [-0.05, 0) is 50.6 Å². The van der Waals surface area contributed by atoms with Crippen LogP contribution in [0, 0.1) is 0 Å². The van der Waals surface area contributed by atoms with Gasteiger partial charge in [0.25, 0.3) is 0 Å². The van der Waals surface area contributed by atoms with Crippen LogP contribution in [-0.4, -0.2) is 78.2 Å². The van der Waals surface area contributed by atoms with E-state index >= 15 is 0 Å². The Morgan fingerprint density at radius 1 is 0.950 bits per heavy atom. The van der Waals surface area contributed by atoms with Gasteiger partial charge in [0, 0.05) is 61.8 Å². The van der Waals surface area contributed by atoms with Crippen molar-refractivity contribution < 1.29 is 23.9 Å². The van der Waals surface area contributed by atoms with Crippen LogP contribution in [-0.2, 0) is 16.1 Å². The van der Waals surface area contributed by atoms with E-state index in [4.69, 9.17) is 9.47 Å². The molecular weight excluding hydrogens is 510 g/mol. The van der Waals surface area contributed by atoms with Gasteiger partial charge in [0.2, 0.25) is 5.91 Å².